The summed E-state index contributed by atoms with van der Waals surface area (Å²) < 4.78 is 1.72. The van der Waals surface area contributed by atoms with E-state index >= 15 is 0 Å². The van der Waals surface area contributed by atoms with Gasteiger partial charge in [0.05, 0.1) is 11.2 Å². The molecule has 3 aromatic rings. The zero-order valence-corrected chi connectivity index (χ0v) is 13.8. The molecule has 3 rings (SSSR count). The van der Waals surface area contributed by atoms with E-state index in [1.165, 1.54) is 0 Å². The number of carbonyl (C=O) groups excluding carboxylic acids is 1. The van der Waals surface area contributed by atoms with Crippen molar-refractivity contribution in [2.24, 2.45) is 0 Å². The number of rotatable bonds is 2. The van der Waals surface area contributed by atoms with Crippen molar-refractivity contribution < 1.29 is 4.79 Å². The van der Waals surface area contributed by atoms with Crippen molar-refractivity contribution in [2.45, 2.75) is 0 Å². The minimum Gasteiger partial charge on any atom is -0.330 e. The fraction of sp³-hybridized carbons (Fsp3) is 0.105. The summed E-state index contributed by atoms with van der Waals surface area (Å²) in [7, 11) is 3.50. The monoisotopic (exact) mass is 324 g/mol. The molecule has 0 unspecified atom stereocenters. The Kier molecular flexibility index (Phi) is 4.22. The second kappa shape index (κ2) is 6.31. The molecule has 0 aliphatic rings. The van der Waals surface area contributed by atoms with Gasteiger partial charge in [0.15, 0.2) is 0 Å². The van der Waals surface area contributed by atoms with Crippen LogP contribution in [0.5, 0.6) is 0 Å². The lowest BCUT2D eigenvalue weighted by Crippen LogP contribution is -2.27. The van der Waals surface area contributed by atoms with Crippen molar-refractivity contribution in [1.29, 1.82) is 0 Å². The molecule has 0 saturated carbocycles. The Morgan fingerprint density at radius 2 is 1.83 bits per heavy atom. The third kappa shape index (κ3) is 3.15. The number of hydrogen-bond acceptors (Lipinski definition) is 1. The summed E-state index contributed by atoms with van der Waals surface area (Å²) >= 11 is 6.01. The van der Waals surface area contributed by atoms with E-state index in [0.717, 1.165) is 22.2 Å². The van der Waals surface area contributed by atoms with Crippen LogP contribution in [-0.2, 0) is 0 Å². The molecule has 0 radical (unpaired) electrons. The summed E-state index contributed by atoms with van der Waals surface area (Å²) in [6.07, 6.45) is 3.90. The summed E-state index contributed by atoms with van der Waals surface area (Å²) in [6.45, 7) is 0. The highest BCUT2D eigenvalue weighted by Gasteiger charge is 2.14. The molecular weight excluding hydrogens is 308 g/mol. The van der Waals surface area contributed by atoms with Crippen LogP contribution in [0.4, 0.5) is 4.79 Å². The first-order valence-electron chi connectivity index (χ1n) is 7.32. The number of benzene rings is 2. The summed E-state index contributed by atoms with van der Waals surface area (Å²) in [5.74, 6) is 0. The van der Waals surface area contributed by atoms with Crippen LogP contribution in [0.1, 0.15) is 11.3 Å². The van der Waals surface area contributed by atoms with Gasteiger partial charge in [-0.05, 0) is 35.9 Å². The molecule has 0 bridgehead atoms. The van der Waals surface area contributed by atoms with Gasteiger partial charge in [-0.15, -0.1) is 0 Å². The van der Waals surface area contributed by atoms with Crippen LogP contribution in [0.2, 0.25) is 5.02 Å². The van der Waals surface area contributed by atoms with Gasteiger partial charge in [0, 0.05) is 24.5 Å². The Hall–Kier alpha value is -2.52. The number of para-hydroxylation sites is 1. The van der Waals surface area contributed by atoms with Crippen molar-refractivity contribution in [3.8, 4) is 0 Å². The molecule has 1 heterocycles. The number of hydrogen-bond donors (Lipinski definition) is 0. The minimum absolute atomic E-state index is 0.0723. The van der Waals surface area contributed by atoms with Gasteiger partial charge in [0.25, 0.3) is 0 Å². The van der Waals surface area contributed by atoms with Crippen LogP contribution in [-0.4, -0.2) is 29.6 Å². The van der Waals surface area contributed by atoms with E-state index in [1.54, 1.807) is 23.6 Å². The molecule has 4 heteroatoms. The van der Waals surface area contributed by atoms with Crippen molar-refractivity contribution in [3.63, 3.8) is 0 Å². The van der Waals surface area contributed by atoms with Crippen molar-refractivity contribution >= 4 is 40.7 Å². The first kappa shape index (κ1) is 15.4. The molecule has 116 valence electrons. The number of fused-ring (bicyclic) bond motifs is 1. The molecule has 0 spiro atoms. The second-order valence-electron chi connectivity index (χ2n) is 5.53. The third-order valence-electron chi connectivity index (χ3n) is 3.61. The van der Waals surface area contributed by atoms with E-state index in [4.69, 9.17) is 11.6 Å². The lowest BCUT2D eigenvalue weighted by molar-refractivity contribution is 0.220. The Bertz CT molecular complexity index is 893. The Labute approximate surface area is 140 Å². The van der Waals surface area contributed by atoms with Gasteiger partial charge in [-0.25, -0.2) is 4.79 Å². The molecule has 0 atom stereocenters. The maximum atomic E-state index is 12.5. The van der Waals surface area contributed by atoms with E-state index in [-0.39, 0.29) is 6.03 Å². The highest BCUT2D eigenvalue weighted by atomic mass is 35.5. The predicted octanol–water partition coefficient (Wildman–Crippen LogP) is 4.99. The molecule has 2 aromatic carbocycles. The minimum atomic E-state index is -0.0723. The van der Waals surface area contributed by atoms with E-state index in [2.05, 4.69) is 0 Å². The molecule has 3 nitrogen and oxygen atoms in total. The predicted molar refractivity (Wildman–Crippen MR) is 96.8 cm³/mol. The van der Waals surface area contributed by atoms with Crippen LogP contribution < -0.4 is 0 Å². The number of nitrogens with zero attached hydrogens (tertiary/aromatic N) is 2. The first-order chi connectivity index (χ1) is 11.1. The molecule has 1 aromatic heterocycles. The van der Waals surface area contributed by atoms with Gasteiger partial charge in [-0.2, -0.15) is 0 Å². The number of halogens is 1. The number of amides is 1. The van der Waals surface area contributed by atoms with E-state index in [1.807, 2.05) is 66.7 Å². The first-order valence-corrected chi connectivity index (χ1v) is 7.70. The van der Waals surface area contributed by atoms with Gasteiger partial charge in [-0.3, -0.25) is 4.57 Å². The zero-order valence-electron chi connectivity index (χ0n) is 13.0. The normalized spacial score (nSPS) is 11.3. The average molecular weight is 325 g/mol. The fourth-order valence-corrected chi connectivity index (χ4v) is 2.70. The Morgan fingerprint density at radius 1 is 1.04 bits per heavy atom. The lowest BCUT2D eigenvalue weighted by Gasteiger charge is -2.13. The van der Waals surface area contributed by atoms with Crippen LogP contribution in [0.3, 0.4) is 0 Å². The van der Waals surface area contributed by atoms with E-state index < -0.39 is 0 Å². The Balaban J connectivity index is 2.09. The maximum Gasteiger partial charge on any atom is 0.328 e. The maximum absolute atomic E-state index is 12.5. The van der Waals surface area contributed by atoms with Crippen molar-refractivity contribution in [2.75, 3.05) is 14.1 Å². The van der Waals surface area contributed by atoms with Crippen LogP contribution >= 0.6 is 11.6 Å². The smallest absolute Gasteiger partial charge is 0.328 e. The lowest BCUT2D eigenvalue weighted by atomic mass is 10.2. The van der Waals surface area contributed by atoms with Crippen LogP contribution in [0.15, 0.2) is 54.6 Å². The molecule has 0 saturated heterocycles. The average Bonchev–Trinajstić information content (AvgIpc) is 2.90. The standard InChI is InChI=1S/C19H17ClN2O/c1-21(2)19(23)22-17(13-15-7-3-4-9-18(15)22)11-10-14-6-5-8-16(20)12-14/h3-13H,1-2H3/b11-10+. The second-order valence-corrected chi connectivity index (χ2v) is 5.97. The summed E-state index contributed by atoms with van der Waals surface area (Å²) in [6, 6.07) is 17.4. The molecule has 23 heavy (non-hydrogen) atoms. The van der Waals surface area contributed by atoms with Crippen molar-refractivity contribution in [3.05, 3.63) is 70.9 Å². The topological polar surface area (TPSA) is 25.2 Å². The summed E-state index contributed by atoms with van der Waals surface area (Å²) in [4.78, 5) is 14.1. The largest absolute Gasteiger partial charge is 0.330 e. The van der Waals surface area contributed by atoms with Gasteiger partial charge in [0.2, 0.25) is 0 Å². The highest BCUT2D eigenvalue weighted by molar-refractivity contribution is 6.30. The van der Waals surface area contributed by atoms with Gasteiger partial charge < -0.3 is 4.90 Å². The van der Waals surface area contributed by atoms with Gasteiger partial charge in [0.1, 0.15) is 0 Å². The van der Waals surface area contributed by atoms with Crippen LogP contribution in [0, 0.1) is 0 Å². The van der Waals surface area contributed by atoms with Gasteiger partial charge in [-0.1, -0.05) is 48.0 Å². The fourth-order valence-electron chi connectivity index (χ4n) is 2.50. The molecule has 0 aliphatic carbocycles. The highest BCUT2D eigenvalue weighted by Crippen LogP contribution is 2.22. The quantitative estimate of drug-likeness (QED) is 0.651. The summed E-state index contributed by atoms with van der Waals surface area (Å²) in [5, 5.41) is 1.73. The van der Waals surface area contributed by atoms with E-state index in [9.17, 15) is 4.79 Å². The number of aromatic nitrogens is 1. The summed E-state index contributed by atoms with van der Waals surface area (Å²) in [5.41, 5.74) is 2.73. The third-order valence-corrected chi connectivity index (χ3v) is 3.84. The molecule has 0 aliphatic heterocycles. The number of carbonyl (C=O) groups is 1. The van der Waals surface area contributed by atoms with Gasteiger partial charge >= 0.3 is 6.03 Å². The molecule has 1 amide bonds. The Morgan fingerprint density at radius 3 is 2.57 bits per heavy atom. The SMILES string of the molecule is CN(C)C(=O)n1c(/C=C/c2cccc(Cl)c2)cc2ccccc21. The zero-order chi connectivity index (χ0) is 16.4. The molecule has 0 fully saturated rings. The van der Waals surface area contributed by atoms with Crippen molar-refractivity contribution in [1.82, 2.24) is 9.47 Å². The van der Waals surface area contributed by atoms with Crippen LogP contribution in [0.25, 0.3) is 23.1 Å². The molecule has 0 N–H and O–H groups in total. The molecular formula is C19H17ClN2O. The van der Waals surface area contributed by atoms with E-state index in [0.29, 0.717) is 5.02 Å².